The molecule has 1 aromatic carbocycles. The second-order valence-corrected chi connectivity index (χ2v) is 7.90. The normalized spacial score (nSPS) is 16.9. The van der Waals surface area contributed by atoms with Crippen LogP contribution < -0.4 is 10.2 Å². The van der Waals surface area contributed by atoms with Crippen molar-refractivity contribution in [2.75, 3.05) is 16.8 Å². The molecule has 3 heterocycles. The van der Waals surface area contributed by atoms with E-state index in [-0.39, 0.29) is 24.8 Å². The number of rotatable bonds is 4. The number of fused-ring (bicyclic) bond motifs is 2. The Morgan fingerprint density at radius 1 is 1.10 bits per heavy atom. The lowest BCUT2D eigenvalue weighted by molar-refractivity contribution is 0.539. The monoisotopic (exact) mass is 467 g/mol. The minimum Gasteiger partial charge on any atom is -0.378 e. The number of aromatic nitrogens is 5. The highest BCUT2D eigenvalue weighted by Crippen LogP contribution is 2.37. The molecule has 0 amide bonds. The van der Waals surface area contributed by atoms with E-state index in [9.17, 15) is 0 Å². The molecule has 7 nitrogen and oxygen atoms in total. The Morgan fingerprint density at radius 3 is 2.70 bits per heavy atom. The van der Waals surface area contributed by atoms with Crippen molar-refractivity contribution in [3.8, 4) is 0 Å². The summed E-state index contributed by atoms with van der Waals surface area (Å²) in [6, 6.07) is 7.69. The number of anilines is 2. The fraction of sp³-hybridized carbons (Fsp3) is 0.400. The van der Waals surface area contributed by atoms with Crippen molar-refractivity contribution < 1.29 is 0 Å². The Bertz CT molecular complexity index is 1010. The smallest absolute Gasteiger partial charge is 0.152 e. The quantitative estimate of drug-likeness (QED) is 0.617. The van der Waals surface area contributed by atoms with Crippen LogP contribution in [0.3, 0.4) is 0 Å². The summed E-state index contributed by atoms with van der Waals surface area (Å²) in [7, 11) is 0. The molecule has 0 spiro atoms. The van der Waals surface area contributed by atoms with E-state index in [1.54, 1.807) is 6.33 Å². The first kappa shape index (κ1) is 22.6. The van der Waals surface area contributed by atoms with E-state index < -0.39 is 0 Å². The van der Waals surface area contributed by atoms with Gasteiger partial charge in [0.1, 0.15) is 12.1 Å². The molecule has 1 aliphatic carbocycles. The Hall–Kier alpha value is -2.09. The van der Waals surface area contributed by atoms with Crippen molar-refractivity contribution in [3.63, 3.8) is 0 Å². The van der Waals surface area contributed by atoms with E-state index >= 15 is 0 Å². The van der Waals surface area contributed by atoms with Crippen LogP contribution in [0.2, 0.25) is 5.02 Å². The number of aryl methyl sites for hydroxylation is 1. The molecule has 3 aromatic rings. The van der Waals surface area contributed by atoms with Crippen LogP contribution in [0, 0.1) is 0 Å². The largest absolute Gasteiger partial charge is 0.378 e. The lowest BCUT2D eigenvalue weighted by Gasteiger charge is -2.30. The Balaban J connectivity index is 0.00000128. The van der Waals surface area contributed by atoms with Gasteiger partial charge in [-0.25, -0.2) is 9.97 Å². The standard InChI is InChI=1S/C20H22ClN7.2ClH/c1-13-2-7-16-19(13)20(24-12-23-16)27-8-9-28-17(25-26-18(28)11-27)10-22-15-5-3-14(21)4-6-15;;/h3-6,12-13,22H,2,7-11H2,1H3;2*1H/t13-;;/m1../s1. The highest BCUT2D eigenvalue weighted by Gasteiger charge is 2.29. The molecule has 0 bridgehead atoms. The summed E-state index contributed by atoms with van der Waals surface area (Å²) in [6.45, 7) is 5.38. The van der Waals surface area contributed by atoms with E-state index in [1.807, 2.05) is 24.3 Å². The van der Waals surface area contributed by atoms with Crippen molar-refractivity contribution in [2.24, 2.45) is 0 Å². The Kier molecular flexibility index (Phi) is 7.06. The van der Waals surface area contributed by atoms with E-state index in [1.165, 1.54) is 11.3 Å². The molecule has 0 unspecified atom stereocenters. The van der Waals surface area contributed by atoms with Gasteiger partial charge in [-0.15, -0.1) is 35.0 Å². The minimum absolute atomic E-state index is 0. The first-order valence-corrected chi connectivity index (χ1v) is 10.1. The summed E-state index contributed by atoms with van der Waals surface area (Å²) >= 11 is 5.95. The highest BCUT2D eigenvalue weighted by atomic mass is 35.5. The fourth-order valence-corrected chi connectivity index (χ4v) is 4.28. The molecular formula is C20H24Cl3N7. The molecule has 1 N–H and O–H groups in total. The third-order valence-electron chi connectivity index (χ3n) is 5.68. The maximum absolute atomic E-state index is 5.95. The van der Waals surface area contributed by atoms with Gasteiger partial charge in [0.15, 0.2) is 11.6 Å². The van der Waals surface area contributed by atoms with Crippen molar-refractivity contribution in [1.29, 1.82) is 0 Å². The topological polar surface area (TPSA) is 71.8 Å². The molecule has 2 aliphatic rings. The van der Waals surface area contributed by atoms with Gasteiger partial charge in [-0.2, -0.15) is 0 Å². The van der Waals surface area contributed by atoms with Crippen LogP contribution >= 0.6 is 36.4 Å². The summed E-state index contributed by atoms with van der Waals surface area (Å²) in [5, 5.41) is 13.0. The molecule has 0 fully saturated rings. The zero-order valence-corrected chi connectivity index (χ0v) is 19.0. The van der Waals surface area contributed by atoms with Crippen LogP contribution in [0.15, 0.2) is 30.6 Å². The van der Waals surface area contributed by atoms with Crippen LogP contribution in [0.5, 0.6) is 0 Å². The van der Waals surface area contributed by atoms with Crippen LogP contribution in [0.25, 0.3) is 0 Å². The van der Waals surface area contributed by atoms with Crippen molar-refractivity contribution in [3.05, 3.63) is 58.5 Å². The summed E-state index contributed by atoms with van der Waals surface area (Å²) in [5.41, 5.74) is 3.54. The highest BCUT2D eigenvalue weighted by molar-refractivity contribution is 6.30. The van der Waals surface area contributed by atoms with Crippen molar-refractivity contribution >= 4 is 47.9 Å². The molecule has 0 radical (unpaired) electrons. The average Bonchev–Trinajstić information content (AvgIpc) is 3.31. The summed E-state index contributed by atoms with van der Waals surface area (Å²) in [4.78, 5) is 11.4. The van der Waals surface area contributed by atoms with Gasteiger partial charge in [-0.1, -0.05) is 18.5 Å². The summed E-state index contributed by atoms with van der Waals surface area (Å²) in [6.07, 6.45) is 3.91. The average molecular weight is 469 g/mol. The predicted octanol–water partition coefficient (Wildman–Crippen LogP) is 4.25. The van der Waals surface area contributed by atoms with E-state index in [4.69, 9.17) is 11.6 Å². The molecule has 2 aromatic heterocycles. The van der Waals surface area contributed by atoms with Gasteiger partial charge in [0, 0.05) is 35.1 Å². The van der Waals surface area contributed by atoms with Gasteiger partial charge in [0.25, 0.3) is 0 Å². The fourth-order valence-electron chi connectivity index (χ4n) is 4.15. The zero-order chi connectivity index (χ0) is 19.1. The van der Waals surface area contributed by atoms with E-state index in [0.717, 1.165) is 60.7 Å². The molecule has 1 aliphatic heterocycles. The molecule has 160 valence electrons. The van der Waals surface area contributed by atoms with Crippen molar-refractivity contribution in [1.82, 2.24) is 24.7 Å². The van der Waals surface area contributed by atoms with Crippen LogP contribution in [0.4, 0.5) is 11.5 Å². The van der Waals surface area contributed by atoms with Crippen LogP contribution in [-0.4, -0.2) is 31.3 Å². The molecule has 0 saturated heterocycles. The summed E-state index contributed by atoms with van der Waals surface area (Å²) in [5.74, 6) is 3.53. The lowest BCUT2D eigenvalue weighted by atomic mass is 10.1. The predicted molar refractivity (Wildman–Crippen MR) is 123 cm³/mol. The number of halogens is 3. The van der Waals surface area contributed by atoms with Gasteiger partial charge >= 0.3 is 0 Å². The molecule has 10 heteroatoms. The number of benzene rings is 1. The molecule has 5 rings (SSSR count). The van der Waals surface area contributed by atoms with Crippen molar-refractivity contribution in [2.45, 2.75) is 45.3 Å². The number of nitrogens with one attached hydrogen (secondary N) is 1. The van der Waals surface area contributed by atoms with E-state index in [0.29, 0.717) is 12.5 Å². The molecular weight excluding hydrogens is 445 g/mol. The molecule has 1 atom stereocenters. The Labute approximate surface area is 193 Å². The first-order chi connectivity index (χ1) is 13.7. The Morgan fingerprint density at radius 2 is 1.90 bits per heavy atom. The van der Waals surface area contributed by atoms with Gasteiger partial charge in [0.05, 0.1) is 13.1 Å². The first-order valence-electron chi connectivity index (χ1n) is 9.68. The van der Waals surface area contributed by atoms with Crippen LogP contribution in [-0.2, 0) is 26.1 Å². The van der Waals surface area contributed by atoms with Gasteiger partial charge < -0.3 is 14.8 Å². The minimum atomic E-state index is 0. The third-order valence-corrected chi connectivity index (χ3v) is 5.93. The second kappa shape index (κ2) is 9.37. The van der Waals surface area contributed by atoms with Gasteiger partial charge in [-0.05, 0) is 43.0 Å². The number of hydrogen-bond donors (Lipinski definition) is 1. The maximum atomic E-state index is 5.95. The van der Waals surface area contributed by atoms with Gasteiger partial charge in [-0.3, -0.25) is 0 Å². The van der Waals surface area contributed by atoms with E-state index in [2.05, 4.69) is 41.9 Å². The van der Waals surface area contributed by atoms with Gasteiger partial charge in [0.2, 0.25) is 0 Å². The molecule has 0 saturated carbocycles. The maximum Gasteiger partial charge on any atom is 0.152 e. The number of nitrogens with zero attached hydrogens (tertiary/aromatic N) is 6. The third kappa shape index (κ3) is 4.19. The zero-order valence-electron chi connectivity index (χ0n) is 16.6. The number of hydrogen-bond acceptors (Lipinski definition) is 6. The second-order valence-electron chi connectivity index (χ2n) is 7.46. The molecule has 30 heavy (non-hydrogen) atoms. The lowest BCUT2D eigenvalue weighted by Crippen LogP contribution is -2.36. The summed E-state index contributed by atoms with van der Waals surface area (Å²) < 4.78 is 2.21. The van der Waals surface area contributed by atoms with Crippen LogP contribution in [0.1, 0.15) is 42.2 Å². The SMILES string of the molecule is C[C@@H]1CCc2ncnc(N3CCn4c(CNc5ccc(Cl)cc5)nnc4C3)c21.Cl.Cl.